The molecule has 0 atom stereocenters. The minimum Gasteiger partial charge on any atom is -0.443 e. The number of hydrogen-bond donors (Lipinski definition) is 2. The number of carbonyl (C=O) groups excluding carboxylic acids is 1. The van der Waals surface area contributed by atoms with Gasteiger partial charge in [-0.05, 0) is 36.4 Å². The molecule has 3 rings (SSSR count). The van der Waals surface area contributed by atoms with Crippen molar-refractivity contribution in [1.82, 2.24) is 4.98 Å². The maximum absolute atomic E-state index is 12.3. The Bertz CT molecular complexity index is 946. The van der Waals surface area contributed by atoms with Crippen LogP contribution in [0.5, 0.6) is 0 Å². The molecule has 112 valence electrons. The molecule has 1 aromatic heterocycles. The number of nitrogens with zero attached hydrogens (tertiary/aromatic N) is 1. The lowest BCUT2D eigenvalue weighted by Gasteiger charge is -2.08. The smallest absolute Gasteiger partial charge is 0.262 e. The molecule has 0 unspecified atom stereocenters. The number of primary amides is 1. The minimum atomic E-state index is -3.77. The lowest BCUT2D eigenvalue weighted by Crippen LogP contribution is -2.14. The Morgan fingerprint density at radius 1 is 1.14 bits per heavy atom. The third-order valence-corrected chi connectivity index (χ3v) is 4.41. The van der Waals surface area contributed by atoms with Gasteiger partial charge in [-0.25, -0.2) is 13.4 Å². The van der Waals surface area contributed by atoms with Crippen LogP contribution in [-0.2, 0) is 10.0 Å². The lowest BCUT2D eigenvalue weighted by molar-refractivity contribution is 0.100. The van der Waals surface area contributed by atoms with Gasteiger partial charge in [-0.1, -0.05) is 0 Å². The van der Waals surface area contributed by atoms with Gasteiger partial charge in [0.15, 0.2) is 12.0 Å². The molecule has 0 aliphatic carbocycles. The van der Waals surface area contributed by atoms with E-state index in [1.54, 1.807) is 6.07 Å². The van der Waals surface area contributed by atoms with Crippen LogP contribution in [-0.4, -0.2) is 19.3 Å². The number of sulfonamides is 1. The Labute approximate surface area is 125 Å². The van der Waals surface area contributed by atoms with Crippen molar-refractivity contribution in [3.63, 3.8) is 0 Å². The summed E-state index contributed by atoms with van der Waals surface area (Å²) >= 11 is 0. The summed E-state index contributed by atoms with van der Waals surface area (Å²) in [7, 11) is -3.77. The molecule has 0 fully saturated rings. The predicted molar refractivity (Wildman–Crippen MR) is 79.8 cm³/mol. The Kier molecular flexibility index (Phi) is 3.30. The first-order chi connectivity index (χ1) is 10.5. The van der Waals surface area contributed by atoms with Crippen LogP contribution in [0.25, 0.3) is 11.1 Å². The summed E-state index contributed by atoms with van der Waals surface area (Å²) in [6.07, 6.45) is 1.25. The summed E-state index contributed by atoms with van der Waals surface area (Å²) in [5.74, 6) is -0.579. The van der Waals surface area contributed by atoms with Gasteiger partial charge in [0.25, 0.3) is 10.0 Å². The zero-order chi connectivity index (χ0) is 15.7. The van der Waals surface area contributed by atoms with Crippen molar-refractivity contribution in [2.45, 2.75) is 4.90 Å². The number of nitrogens with one attached hydrogen (secondary N) is 1. The Morgan fingerprint density at radius 3 is 2.55 bits per heavy atom. The summed E-state index contributed by atoms with van der Waals surface area (Å²) in [5, 5.41) is 0. The molecule has 0 radical (unpaired) electrons. The van der Waals surface area contributed by atoms with Gasteiger partial charge in [0.05, 0.1) is 4.90 Å². The fraction of sp³-hybridized carbons (Fsp3) is 0. The van der Waals surface area contributed by atoms with Gasteiger partial charge in [0, 0.05) is 17.3 Å². The molecule has 3 N–H and O–H groups in total. The second kappa shape index (κ2) is 5.15. The number of carbonyl (C=O) groups is 1. The van der Waals surface area contributed by atoms with Gasteiger partial charge < -0.3 is 10.2 Å². The molecule has 1 amide bonds. The van der Waals surface area contributed by atoms with Crippen LogP contribution in [0.2, 0.25) is 0 Å². The number of hydrogen-bond acceptors (Lipinski definition) is 5. The van der Waals surface area contributed by atoms with E-state index in [9.17, 15) is 13.2 Å². The Hall–Kier alpha value is -2.87. The van der Waals surface area contributed by atoms with Gasteiger partial charge in [-0.2, -0.15) is 0 Å². The largest absolute Gasteiger partial charge is 0.443 e. The SMILES string of the molecule is NC(=O)c1ccc(NS(=O)(=O)c2ccc3ncoc3c2)cc1. The van der Waals surface area contributed by atoms with E-state index in [2.05, 4.69) is 9.71 Å². The van der Waals surface area contributed by atoms with Crippen molar-refractivity contribution < 1.29 is 17.6 Å². The fourth-order valence-electron chi connectivity index (χ4n) is 1.92. The predicted octanol–water partition coefficient (Wildman–Crippen LogP) is 1.73. The maximum atomic E-state index is 12.3. The summed E-state index contributed by atoms with van der Waals surface area (Å²) in [6, 6.07) is 10.2. The maximum Gasteiger partial charge on any atom is 0.262 e. The average Bonchev–Trinajstić information content (AvgIpc) is 2.94. The fourth-order valence-corrected chi connectivity index (χ4v) is 2.99. The van der Waals surface area contributed by atoms with Crippen LogP contribution in [0.3, 0.4) is 0 Å². The normalized spacial score (nSPS) is 11.5. The van der Waals surface area contributed by atoms with E-state index in [1.807, 2.05) is 0 Å². The topological polar surface area (TPSA) is 115 Å². The Morgan fingerprint density at radius 2 is 1.86 bits per heavy atom. The number of oxazole rings is 1. The summed E-state index contributed by atoms with van der Waals surface area (Å²) in [5.41, 5.74) is 6.71. The van der Waals surface area contributed by atoms with E-state index in [-0.39, 0.29) is 4.90 Å². The number of aromatic nitrogens is 1. The zero-order valence-corrected chi connectivity index (χ0v) is 12.0. The van der Waals surface area contributed by atoms with Crippen molar-refractivity contribution in [2.75, 3.05) is 4.72 Å². The van der Waals surface area contributed by atoms with Crippen LogP contribution in [0.15, 0.2) is 58.2 Å². The van der Waals surface area contributed by atoms with Gasteiger partial charge in [-0.3, -0.25) is 9.52 Å². The molecular weight excluding hydrogens is 306 g/mol. The van der Waals surface area contributed by atoms with Crippen molar-refractivity contribution >= 4 is 32.7 Å². The minimum absolute atomic E-state index is 0.0516. The highest BCUT2D eigenvalue weighted by Crippen LogP contribution is 2.21. The highest BCUT2D eigenvalue weighted by molar-refractivity contribution is 7.92. The van der Waals surface area contributed by atoms with E-state index in [0.717, 1.165) is 0 Å². The molecule has 2 aromatic carbocycles. The van der Waals surface area contributed by atoms with Crippen LogP contribution in [0.1, 0.15) is 10.4 Å². The monoisotopic (exact) mass is 317 g/mol. The number of benzene rings is 2. The molecule has 8 heteroatoms. The molecule has 0 saturated carbocycles. The molecule has 0 aliphatic heterocycles. The van der Waals surface area contributed by atoms with Crippen molar-refractivity contribution in [2.24, 2.45) is 5.73 Å². The average molecular weight is 317 g/mol. The number of rotatable bonds is 4. The van der Waals surface area contributed by atoms with Gasteiger partial charge >= 0.3 is 0 Å². The van der Waals surface area contributed by atoms with Crippen LogP contribution in [0, 0.1) is 0 Å². The van der Waals surface area contributed by atoms with Crippen molar-refractivity contribution in [1.29, 1.82) is 0 Å². The van der Waals surface area contributed by atoms with E-state index in [0.29, 0.717) is 22.4 Å². The van der Waals surface area contributed by atoms with Gasteiger partial charge in [0.1, 0.15) is 5.52 Å². The number of nitrogens with two attached hydrogens (primary N) is 1. The van der Waals surface area contributed by atoms with Crippen LogP contribution in [0.4, 0.5) is 5.69 Å². The molecule has 0 bridgehead atoms. The second-order valence-corrected chi connectivity index (χ2v) is 6.21. The molecule has 22 heavy (non-hydrogen) atoms. The van der Waals surface area contributed by atoms with Gasteiger partial charge in [-0.15, -0.1) is 0 Å². The summed E-state index contributed by atoms with van der Waals surface area (Å²) in [6.45, 7) is 0. The molecule has 7 nitrogen and oxygen atoms in total. The third-order valence-electron chi connectivity index (χ3n) is 3.03. The number of amides is 1. The quantitative estimate of drug-likeness (QED) is 0.760. The molecule has 0 spiro atoms. The first-order valence-electron chi connectivity index (χ1n) is 6.22. The summed E-state index contributed by atoms with van der Waals surface area (Å²) in [4.78, 5) is 15.0. The lowest BCUT2D eigenvalue weighted by atomic mass is 10.2. The molecule has 1 heterocycles. The van der Waals surface area contributed by atoms with Crippen LogP contribution < -0.4 is 10.5 Å². The highest BCUT2D eigenvalue weighted by Gasteiger charge is 2.16. The molecule has 0 saturated heterocycles. The standard InChI is InChI=1S/C14H11N3O4S/c15-14(18)9-1-3-10(4-2-9)17-22(19,20)11-5-6-12-13(7-11)21-8-16-12/h1-8,17H,(H2,15,18). The second-order valence-electron chi connectivity index (χ2n) is 4.53. The number of anilines is 1. The highest BCUT2D eigenvalue weighted by atomic mass is 32.2. The molecule has 3 aromatic rings. The molecule has 0 aliphatic rings. The number of fused-ring (bicyclic) bond motifs is 1. The third kappa shape index (κ3) is 2.63. The van der Waals surface area contributed by atoms with Crippen molar-refractivity contribution in [3.05, 3.63) is 54.4 Å². The van der Waals surface area contributed by atoms with E-state index < -0.39 is 15.9 Å². The van der Waals surface area contributed by atoms with E-state index >= 15 is 0 Å². The Balaban J connectivity index is 1.90. The van der Waals surface area contributed by atoms with E-state index in [4.69, 9.17) is 10.2 Å². The summed E-state index contributed by atoms with van der Waals surface area (Å²) < 4.78 is 32.1. The van der Waals surface area contributed by atoms with E-state index in [1.165, 1.54) is 42.8 Å². The first kappa shape index (κ1) is 14.1. The first-order valence-corrected chi connectivity index (χ1v) is 7.70. The van der Waals surface area contributed by atoms with Gasteiger partial charge in [0.2, 0.25) is 5.91 Å². The van der Waals surface area contributed by atoms with Crippen molar-refractivity contribution in [3.8, 4) is 0 Å². The van der Waals surface area contributed by atoms with Crippen LogP contribution >= 0.6 is 0 Å². The molecular formula is C14H11N3O4S. The zero-order valence-electron chi connectivity index (χ0n) is 11.2.